The molecule has 27 heavy (non-hydrogen) atoms. The third-order valence-corrected chi connectivity index (χ3v) is 4.61. The molecule has 0 aliphatic heterocycles. The summed E-state index contributed by atoms with van der Waals surface area (Å²) in [5.41, 5.74) is 1.20. The Labute approximate surface area is 159 Å². The van der Waals surface area contributed by atoms with Gasteiger partial charge in [-0.2, -0.15) is 0 Å². The monoisotopic (exact) mass is 384 g/mol. The first-order valence-electron chi connectivity index (χ1n) is 7.92. The fourth-order valence-corrected chi connectivity index (χ4v) is 3.05. The van der Waals surface area contributed by atoms with Crippen molar-refractivity contribution in [3.05, 3.63) is 53.3 Å². The molecule has 9 heteroatoms. The van der Waals surface area contributed by atoms with Gasteiger partial charge in [-0.1, -0.05) is 0 Å². The molecule has 1 amide bonds. The predicted octanol–water partition coefficient (Wildman–Crippen LogP) is 2.71. The maximum atomic E-state index is 12.5. The number of esters is 1. The van der Waals surface area contributed by atoms with Crippen molar-refractivity contribution in [1.29, 1.82) is 0 Å². The number of aromatic nitrogens is 3. The summed E-state index contributed by atoms with van der Waals surface area (Å²) >= 11 is 1.23. The SMILES string of the molecule is COC(=O)COc1ccc(NC(=O)c2sc(-c3ncccn3)nc2C)cc1. The first-order valence-corrected chi connectivity index (χ1v) is 8.74. The fraction of sp³-hybridized carbons (Fsp3) is 0.167. The molecule has 8 nitrogen and oxygen atoms in total. The lowest BCUT2D eigenvalue weighted by Crippen LogP contribution is -2.13. The van der Waals surface area contributed by atoms with E-state index in [-0.39, 0.29) is 12.5 Å². The van der Waals surface area contributed by atoms with Gasteiger partial charge in [0.05, 0.1) is 12.8 Å². The summed E-state index contributed by atoms with van der Waals surface area (Å²) in [6.07, 6.45) is 3.26. The Morgan fingerprint density at radius 1 is 1.15 bits per heavy atom. The first-order chi connectivity index (χ1) is 13.1. The van der Waals surface area contributed by atoms with E-state index in [2.05, 4.69) is 25.0 Å². The molecule has 0 saturated carbocycles. The molecule has 0 saturated heterocycles. The Morgan fingerprint density at radius 3 is 2.52 bits per heavy atom. The van der Waals surface area contributed by atoms with Gasteiger partial charge in [-0.3, -0.25) is 4.79 Å². The quantitative estimate of drug-likeness (QED) is 0.652. The second-order valence-electron chi connectivity index (χ2n) is 5.35. The lowest BCUT2D eigenvalue weighted by Gasteiger charge is -2.07. The molecule has 0 radical (unpaired) electrons. The van der Waals surface area contributed by atoms with Crippen molar-refractivity contribution < 1.29 is 19.1 Å². The molecule has 1 aromatic carbocycles. The van der Waals surface area contributed by atoms with Crippen molar-refractivity contribution in [3.8, 4) is 16.6 Å². The summed E-state index contributed by atoms with van der Waals surface area (Å²) in [6.45, 7) is 1.59. The number of ether oxygens (including phenoxy) is 2. The van der Waals surface area contributed by atoms with E-state index in [0.29, 0.717) is 32.8 Å². The molecule has 0 aliphatic carbocycles. The molecule has 0 aliphatic rings. The van der Waals surface area contributed by atoms with Crippen LogP contribution in [0.4, 0.5) is 5.69 Å². The van der Waals surface area contributed by atoms with E-state index < -0.39 is 5.97 Å². The van der Waals surface area contributed by atoms with Crippen LogP contribution >= 0.6 is 11.3 Å². The van der Waals surface area contributed by atoms with Crippen LogP contribution in [0.15, 0.2) is 42.7 Å². The third-order valence-electron chi connectivity index (χ3n) is 3.46. The van der Waals surface area contributed by atoms with Crippen LogP contribution in [0.3, 0.4) is 0 Å². The summed E-state index contributed by atoms with van der Waals surface area (Å²) in [5, 5.41) is 3.40. The van der Waals surface area contributed by atoms with E-state index in [1.165, 1.54) is 18.4 Å². The van der Waals surface area contributed by atoms with Crippen LogP contribution in [0.5, 0.6) is 5.75 Å². The Balaban J connectivity index is 1.67. The summed E-state index contributed by atoms with van der Waals surface area (Å²) in [5.74, 6) is 0.245. The number of methoxy groups -OCH3 is 1. The zero-order valence-electron chi connectivity index (χ0n) is 14.6. The Morgan fingerprint density at radius 2 is 1.85 bits per heavy atom. The molecule has 0 atom stereocenters. The third kappa shape index (κ3) is 4.64. The van der Waals surface area contributed by atoms with Crippen LogP contribution in [-0.4, -0.2) is 40.5 Å². The number of nitrogens with zero attached hydrogens (tertiary/aromatic N) is 3. The van der Waals surface area contributed by atoms with Gasteiger partial charge >= 0.3 is 5.97 Å². The largest absolute Gasteiger partial charge is 0.482 e. The molecule has 2 aromatic heterocycles. The van der Waals surface area contributed by atoms with Gasteiger partial charge in [0.2, 0.25) is 0 Å². The van der Waals surface area contributed by atoms with E-state index in [4.69, 9.17) is 4.74 Å². The van der Waals surface area contributed by atoms with E-state index in [0.717, 1.165) is 0 Å². The van der Waals surface area contributed by atoms with Crippen molar-refractivity contribution in [2.24, 2.45) is 0 Å². The number of amides is 1. The van der Waals surface area contributed by atoms with E-state index in [1.807, 2.05) is 0 Å². The normalized spacial score (nSPS) is 10.3. The average Bonchev–Trinajstić information content (AvgIpc) is 3.09. The predicted molar refractivity (Wildman–Crippen MR) is 99.8 cm³/mol. The highest BCUT2D eigenvalue weighted by molar-refractivity contribution is 7.17. The molecule has 1 N–H and O–H groups in total. The number of hydrogen-bond acceptors (Lipinski definition) is 8. The highest BCUT2D eigenvalue weighted by Gasteiger charge is 2.17. The minimum Gasteiger partial charge on any atom is -0.482 e. The number of nitrogens with one attached hydrogen (secondary N) is 1. The van der Waals surface area contributed by atoms with Crippen LogP contribution in [0.25, 0.3) is 10.8 Å². The van der Waals surface area contributed by atoms with E-state index >= 15 is 0 Å². The molecule has 0 unspecified atom stereocenters. The van der Waals surface area contributed by atoms with Crippen molar-refractivity contribution in [2.45, 2.75) is 6.92 Å². The van der Waals surface area contributed by atoms with Gasteiger partial charge in [0, 0.05) is 18.1 Å². The zero-order chi connectivity index (χ0) is 19.2. The number of carbonyl (C=O) groups is 2. The van der Waals surface area contributed by atoms with Crippen LogP contribution in [0.1, 0.15) is 15.4 Å². The van der Waals surface area contributed by atoms with Gasteiger partial charge in [-0.15, -0.1) is 11.3 Å². The van der Waals surface area contributed by atoms with Gasteiger partial charge < -0.3 is 14.8 Å². The van der Waals surface area contributed by atoms with Crippen LogP contribution in [0, 0.1) is 6.92 Å². The van der Waals surface area contributed by atoms with Gasteiger partial charge in [0.25, 0.3) is 5.91 Å². The van der Waals surface area contributed by atoms with E-state index in [1.54, 1.807) is 49.6 Å². The topological polar surface area (TPSA) is 103 Å². The smallest absolute Gasteiger partial charge is 0.343 e. The molecule has 3 rings (SSSR count). The Hall–Kier alpha value is -3.33. The highest BCUT2D eigenvalue weighted by Crippen LogP contribution is 2.26. The Bertz CT molecular complexity index is 942. The minimum atomic E-state index is -0.466. The number of anilines is 1. The van der Waals surface area contributed by atoms with Crippen LogP contribution < -0.4 is 10.1 Å². The molecule has 138 valence electrons. The lowest BCUT2D eigenvalue weighted by molar-refractivity contribution is -0.142. The standard InChI is InChI=1S/C18H16N4O4S/c1-11-15(27-18(21-11)16-19-8-3-9-20-16)17(24)22-12-4-6-13(7-5-12)26-10-14(23)25-2/h3-9H,10H2,1-2H3,(H,22,24). The Kier molecular flexibility index (Phi) is 5.72. The zero-order valence-corrected chi connectivity index (χ0v) is 15.4. The molecular formula is C18H16N4O4S. The van der Waals surface area contributed by atoms with Gasteiger partial charge in [0.1, 0.15) is 10.6 Å². The summed E-state index contributed by atoms with van der Waals surface area (Å²) in [7, 11) is 1.29. The second kappa shape index (κ2) is 8.37. The van der Waals surface area contributed by atoms with E-state index in [9.17, 15) is 9.59 Å². The van der Waals surface area contributed by atoms with Crippen molar-refractivity contribution in [2.75, 3.05) is 19.0 Å². The number of rotatable bonds is 6. The van der Waals surface area contributed by atoms with Gasteiger partial charge in [-0.05, 0) is 37.3 Å². The first kappa shape index (κ1) is 18.5. The van der Waals surface area contributed by atoms with Gasteiger partial charge in [0.15, 0.2) is 17.4 Å². The van der Waals surface area contributed by atoms with Gasteiger partial charge in [-0.25, -0.2) is 19.7 Å². The van der Waals surface area contributed by atoms with Crippen LogP contribution in [-0.2, 0) is 9.53 Å². The molecule has 0 fully saturated rings. The maximum absolute atomic E-state index is 12.5. The summed E-state index contributed by atoms with van der Waals surface area (Å²) in [4.78, 5) is 36.8. The molecule has 2 heterocycles. The molecule has 0 spiro atoms. The van der Waals surface area contributed by atoms with Crippen LogP contribution in [0.2, 0.25) is 0 Å². The molecular weight excluding hydrogens is 368 g/mol. The number of carbonyl (C=O) groups excluding carboxylic acids is 2. The van der Waals surface area contributed by atoms with Crippen molar-refractivity contribution in [3.63, 3.8) is 0 Å². The average molecular weight is 384 g/mol. The number of hydrogen-bond donors (Lipinski definition) is 1. The van der Waals surface area contributed by atoms with Crippen molar-refractivity contribution >= 4 is 28.9 Å². The minimum absolute atomic E-state index is 0.174. The number of benzene rings is 1. The summed E-state index contributed by atoms with van der Waals surface area (Å²) in [6, 6.07) is 8.39. The second-order valence-corrected chi connectivity index (χ2v) is 6.35. The molecule has 3 aromatic rings. The highest BCUT2D eigenvalue weighted by atomic mass is 32.1. The maximum Gasteiger partial charge on any atom is 0.343 e. The lowest BCUT2D eigenvalue weighted by atomic mass is 10.3. The van der Waals surface area contributed by atoms with Crippen molar-refractivity contribution in [1.82, 2.24) is 15.0 Å². The number of aryl methyl sites for hydroxylation is 1. The molecule has 0 bridgehead atoms. The fourth-order valence-electron chi connectivity index (χ4n) is 2.14. The summed E-state index contributed by atoms with van der Waals surface area (Å²) < 4.78 is 9.77. The number of thiazole rings is 1.